The van der Waals surface area contributed by atoms with Crippen molar-refractivity contribution in [2.24, 2.45) is 0 Å². The maximum atomic E-state index is 12.6. The number of esters is 1. The summed E-state index contributed by atoms with van der Waals surface area (Å²) < 4.78 is 10.7. The number of thiophene rings is 1. The Bertz CT molecular complexity index is 1160. The van der Waals surface area contributed by atoms with Gasteiger partial charge in [-0.1, -0.05) is 42.5 Å². The Morgan fingerprint density at radius 1 is 1.00 bits per heavy atom. The van der Waals surface area contributed by atoms with E-state index in [1.807, 2.05) is 48.5 Å². The van der Waals surface area contributed by atoms with Gasteiger partial charge in [-0.3, -0.25) is 10.2 Å². The summed E-state index contributed by atoms with van der Waals surface area (Å²) in [5.74, 6) is 0.439. The van der Waals surface area contributed by atoms with Gasteiger partial charge in [0.25, 0.3) is 0 Å². The summed E-state index contributed by atoms with van der Waals surface area (Å²) in [5, 5.41) is 6.24. The largest absolute Gasteiger partial charge is 0.495 e. The van der Waals surface area contributed by atoms with Gasteiger partial charge < -0.3 is 19.7 Å². The number of piperazine rings is 1. The molecule has 190 valence electrons. The molecule has 2 aromatic carbocycles. The third-order valence-corrected chi connectivity index (χ3v) is 7.12. The molecule has 0 saturated carbocycles. The Labute approximate surface area is 215 Å². The summed E-state index contributed by atoms with van der Waals surface area (Å²) in [4.78, 5) is 30.7. The normalized spacial score (nSPS) is 13.8. The van der Waals surface area contributed by atoms with Crippen molar-refractivity contribution in [1.29, 1.82) is 0 Å². The fraction of sp³-hybridized carbons (Fsp3) is 0.333. The molecule has 4 rings (SSSR count). The second-order valence-electron chi connectivity index (χ2n) is 8.32. The number of carbonyl (C=O) groups is 2. The summed E-state index contributed by atoms with van der Waals surface area (Å²) in [6, 6.07) is 19.3. The van der Waals surface area contributed by atoms with Gasteiger partial charge >= 0.3 is 12.0 Å². The van der Waals surface area contributed by atoms with Crippen molar-refractivity contribution in [2.45, 2.75) is 6.92 Å². The highest BCUT2D eigenvalue weighted by atomic mass is 32.1. The minimum atomic E-state index is -0.445. The molecular weight excluding hydrogens is 476 g/mol. The first-order chi connectivity index (χ1) is 17.6. The zero-order valence-electron chi connectivity index (χ0n) is 20.7. The van der Waals surface area contributed by atoms with Gasteiger partial charge in [-0.05, 0) is 30.7 Å². The SMILES string of the molecule is CCOC(=O)c1cc(-c2ccccc2)sc1NC(=O)NCCN1CCN(c2ccccc2OC)CC1. The molecule has 0 spiro atoms. The van der Waals surface area contributed by atoms with Gasteiger partial charge in [0, 0.05) is 44.1 Å². The monoisotopic (exact) mass is 508 g/mol. The number of anilines is 2. The first-order valence-electron chi connectivity index (χ1n) is 12.1. The zero-order valence-corrected chi connectivity index (χ0v) is 21.5. The number of ether oxygens (including phenoxy) is 2. The molecular formula is C27H32N4O4S. The van der Waals surface area contributed by atoms with Crippen LogP contribution in [0.4, 0.5) is 15.5 Å². The maximum Gasteiger partial charge on any atom is 0.341 e. The second-order valence-corrected chi connectivity index (χ2v) is 9.37. The molecule has 0 atom stereocenters. The van der Waals surface area contributed by atoms with Gasteiger partial charge in [0.05, 0.1) is 25.0 Å². The number of nitrogens with zero attached hydrogens (tertiary/aromatic N) is 2. The summed E-state index contributed by atoms with van der Waals surface area (Å²) in [5.41, 5.74) is 2.46. The third kappa shape index (κ3) is 6.35. The van der Waals surface area contributed by atoms with Crippen LogP contribution in [0.3, 0.4) is 0 Å². The number of nitrogens with one attached hydrogen (secondary N) is 2. The van der Waals surface area contributed by atoms with Crippen LogP contribution in [0, 0.1) is 0 Å². The number of hydrogen-bond donors (Lipinski definition) is 2. The van der Waals surface area contributed by atoms with E-state index in [1.54, 1.807) is 20.1 Å². The molecule has 36 heavy (non-hydrogen) atoms. The Kier molecular flexibility index (Phi) is 8.80. The summed E-state index contributed by atoms with van der Waals surface area (Å²) >= 11 is 1.36. The predicted octanol–water partition coefficient (Wildman–Crippen LogP) is 4.54. The number of methoxy groups -OCH3 is 1. The lowest BCUT2D eigenvalue weighted by Crippen LogP contribution is -2.48. The number of rotatable bonds is 9. The summed E-state index contributed by atoms with van der Waals surface area (Å²) in [6.07, 6.45) is 0. The lowest BCUT2D eigenvalue weighted by molar-refractivity contribution is 0.0528. The van der Waals surface area contributed by atoms with Crippen LogP contribution in [0.2, 0.25) is 0 Å². The topological polar surface area (TPSA) is 83.1 Å². The van der Waals surface area contributed by atoms with Crippen LogP contribution < -0.4 is 20.3 Å². The van der Waals surface area contributed by atoms with Crippen molar-refractivity contribution in [3.8, 4) is 16.2 Å². The number of hydrogen-bond acceptors (Lipinski definition) is 7. The Morgan fingerprint density at radius 3 is 2.44 bits per heavy atom. The van der Waals surface area contributed by atoms with Crippen LogP contribution in [-0.4, -0.2) is 69.9 Å². The van der Waals surface area contributed by atoms with Gasteiger partial charge in [-0.15, -0.1) is 11.3 Å². The van der Waals surface area contributed by atoms with Gasteiger partial charge in [0.2, 0.25) is 0 Å². The van der Waals surface area contributed by atoms with Crippen molar-refractivity contribution in [2.75, 3.05) is 63.2 Å². The minimum Gasteiger partial charge on any atom is -0.495 e. The van der Waals surface area contributed by atoms with Crippen molar-refractivity contribution in [1.82, 2.24) is 10.2 Å². The van der Waals surface area contributed by atoms with Crippen molar-refractivity contribution in [3.05, 3.63) is 66.2 Å². The molecule has 0 aliphatic carbocycles. The second kappa shape index (κ2) is 12.4. The molecule has 9 heteroatoms. The van der Waals surface area contributed by atoms with Crippen molar-refractivity contribution in [3.63, 3.8) is 0 Å². The lowest BCUT2D eigenvalue weighted by Gasteiger charge is -2.36. The van der Waals surface area contributed by atoms with Crippen LogP contribution in [0.5, 0.6) is 5.75 Å². The van der Waals surface area contributed by atoms with Crippen LogP contribution in [0.25, 0.3) is 10.4 Å². The zero-order chi connectivity index (χ0) is 25.3. The lowest BCUT2D eigenvalue weighted by atomic mass is 10.1. The fourth-order valence-corrected chi connectivity index (χ4v) is 5.21. The van der Waals surface area contributed by atoms with E-state index in [2.05, 4.69) is 26.5 Å². The maximum absolute atomic E-state index is 12.6. The highest BCUT2D eigenvalue weighted by molar-refractivity contribution is 7.20. The molecule has 1 aliphatic heterocycles. The van der Waals surface area contributed by atoms with E-state index in [1.165, 1.54) is 11.3 Å². The van der Waals surface area contributed by atoms with E-state index >= 15 is 0 Å². The first-order valence-corrected chi connectivity index (χ1v) is 12.9. The molecule has 2 N–H and O–H groups in total. The molecule has 2 heterocycles. The quantitative estimate of drug-likeness (QED) is 0.413. The van der Waals surface area contributed by atoms with E-state index in [-0.39, 0.29) is 12.6 Å². The molecule has 0 radical (unpaired) electrons. The summed E-state index contributed by atoms with van der Waals surface area (Å²) in [6.45, 7) is 6.88. The van der Waals surface area contributed by atoms with Crippen LogP contribution >= 0.6 is 11.3 Å². The molecule has 1 aliphatic rings. The summed E-state index contributed by atoms with van der Waals surface area (Å²) in [7, 11) is 1.69. The van der Waals surface area contributed by atoms with E-state index in [0.29, 0.717) is 17.1 Å². The van der Waals surface area contributed by atoms with E-state index in [0.717, 1.165) is 54.6 Å². The predicted molar refractivity (Wildman–Crippen MR) is 144 cm³/mol. The van der Waals surface area contributed by atoms with Crippen LogP contribution in [-0.2, 0) is 4.74 Å². The highest BCUT2D eigenvalue weighted by Crippen LogP contribution is 2.36. The fourth-order valence-electron chi connectivity index (χ4n) is 4.17. The third-order valence-electron chi connectivity index (χ3n) is 6.02. The highest BCUT2D eigenvalue weighted by Gasteiger charge is 2.21. The number of benzene rings is 2. The Balaban J connectivity index is 1.29. The van der Waals surface area contributed by atoms with E-state index in [4.69, 9.17) is 9.47 Å². The van der Waals surface area contributed by atoms with E-state index in [9.17, 15) is 9.59 Å². The number of amides is 2. The molecule has 8 nitrogen and oxygen atoms in total. The van der Waals surface area contributed by atoms with E-state index < -0.39 is 5.97 Å². The molecule has 2 amide bonds. The van der Waals surface area contributed by atoms with Gasteiger partial charge in [-0.2, -0.15) is 0 Å². The molecule has 0 bridgehead atoms. The van der Waals surface area contributed by atoms with Crippen LogP contribution in [0.15, 0.2) is 60.7 Å². The van der Waals surface area contributed by atoms with Crippen molar-refractivity contribution >= 4 is 34.0 Å². The number of para-hydroxylation sites is 2. The average molecular weight is 509 g/mol. The molecule has 0 unspecified atom stereocenters. The average Bonchev–Trinajstić information content (AvgIpc) is 3.33. The molecule has 1 aromatic heterocycles. The minimum absolute atomic E-state index is 0.269. The molecule has 3 aromatic rings. The number of carbonyl (C=O) groups excluding carboxylic acids is 2. The van der Waals surface area contributed by atoms with Gasteiger partial charge in [-0.25, -0.2) is 9.59 Å². The van der Waals surface area contributed by atoms with Crippen LogP contribution in [0.1, 0.15) is 17.3 Å². The Morgan fingerprint density at radius 2 is 1.72 bits per heavy atom. The van der Waals surface area contributed by atoms with Gasteiger partial charge in [0.1, 0.15) is 10.8 Å². The molecule has 1 saturated heterocycles. The van der Waals surface area contributed by atoms with Gasteiger partial charge in [0.15, 0.2) is 0 Å². The molecule has 1 fully saturated rings. The number of urea groups is 1. The van der Waals surface area contributed by atoms with Crippen molar-refractivity contribution < 1.29 is 19.1 Å². The first kappa shape index (κ1) is 25.5. The standard InChI is InChI=1S/C27H32N4O4S/c1-3-35-26(32)21-19-24(20-9-5-4-6-10-20)36-25(21)29-27(33)28-13-14-30-15-17-31(18-16-30)22-11-7-8-12-23(22)34-2/h4-12,19H,3,13-18H2,1-2H3,(H2,28,29,33). The Hall–Kier alpha value is -3.56. The smallest absolute Gasteiger partial charge is 0.341 e.